The lowest BCUT2D eigenvalue weighted by molar-refractivity contribution is -0.129. The first-order chi connectivity index (χ1) is 17.5. The van der Waals surface area contributed by atoms with Crippen molar-refractivity contribution in [2.45, 2.75) is 26.5 Å². The van der Waals surface area contributed by atoms with Gasteiger partial charge in [0.05, 0.1) is 5.69 Å². The van der Waals surface area contributed by atoms with E-state index in [0.29, 0.717) is 17.2 Å². The Hall–Kier alpha value is -4.59. The second kappa shape index (κ2) is 9.95. The number of nitrogens with one attached hydrogen (secondary N) is 1. The van der Waals surface area contributed by atoms with Crippen LogP contribution in [0, 0.1) is 6.92 Å². The van der Waals surface area contributed by atoms with E-state index >= 15 is 0 Å². The number of benzene rings is 3. The molecule has 0 saturated carbocycles. The maximum absolute atomic E-state index is 13.2. The van der Waals surface area contributed by atoms with Crippen LogP contribution in [0.1, 0.15) is 28.4 Å². The Kier molecular flexibility index (Phi) is 6.40. The van der Waals surface area contributed by atoms with Gasteiger partial charge in [-0.25, -0.2) is 9.48 Å². The molecule has 5 rings (SSSR count). The number of para-hydroxylation sites is 1. The van der Waals surface area contributed by atoms with E-state index in [1.165, 1.54) is 0 Å². The number of esters is 1. The van der Waals surface area contributed by atoms with E-state index in [2.05, 4.69) is 10.4 Å². The lowest BCUT2D eigenvalue weighted by atomic mass is 10.1. The highest BCUT2D eigenvalue weighted by atomic mass is 16.7. The van der Waals surface area contributed by atoms with Gasteiger partial charge in [-0.3, -0.25) is 4.79 Å². The van der Waals surface area contributed by atoms with Gasteiger partial charge in [-0.1, -0.05) is 54.1 Å². The van der Waals surface area contributed by atoms with Crippen LogP contribution >= 0.6 is 0 Å². The molecule has 1 aliphatic rings. The first-order valence-electron chi connectivity index (χ1n) is 11.6. The second-order valence-corrected chi connectivity index (χ2v) is 8.49. The quantitative estimate of drug-likeness (QED) is 0.391. The van der Waals surface area contributed by atoms with Crippen LogP contribution in [0.5, 0.6) is 11.5 Å². The Morgan fingerprint density at radius 1 is 1.03 bits per heavy atom. The maximum Gasteiger partial charge on any atom is 0.342 e. The zero-order valence-electron chi connectivity index (χ0n) is 19.9. The van der Waals surface area contributed by atoms with E-state index in [9.17, 15) is 9.59 Å². The summed E-state index contributed by atoms with van der Waals surface area (Å²) in [6.45, 7) is 3.98. The fourth-order valence-corrected chi connectivity index (χ4v) is 3.82. The van der Waals surface area contributed by atoms with Crippen LogP contribution in [0.2, 0.25) is 0 Å². The number of hydrogen-bond acceptors (Lipinski definition) is 6. The maximum atomic E-state index is 13.2. The zero-order chi connectivity index (χ0) is 25.1. The molecule has 4 aromatic rings. The van der Waals surface area contributed by atoms with Crippen molar-refractivity contribution in [3.05, 3.63) is 95.7 Å². The number of ether oxygens (including phenoxy) is 3. The molecule has 3 aromatic carbocycles. The summed E-state index contributed by atoms with van der Waals surface area (Å²) < 4.78 is 17.9. The van der Waals surface area contributed by atoms with E-state index in [4.69, 9.17) is 14.2 Å². The third-order valence-corrected chi connectivity index (χ3v) is 5.84. The normalized spacial score (nSPS) is 12.7. The van der Waals surface area contributed by atoms with Crippen molar-refractivity contribution < 1.29 is 23.8 Å². The number of hydrogen-bond donors (Lipinski definition) is 1. The summed E-state index contributed by atoms with van der Waals surface area (Å²) in [7, 11) is 0. The van der Waals surface area contributed by atoms with Crippen molar-refractivity contribution in [2.75, 3.05) is 6.79 Å². The minimum absolute atomic E-state index is 0.184. The van der Waals surface area contributed by atoms with Crippen molar-refractivity contribution in [3.8, 4) is 28.4 Å². The Morgan fingerprint density at radius 2 is 1.78 bits per heavy atom. The Morgan fingerprint density at radius 3 is 2.56 bits per heavy atom. The van der Waals surface area contributed by atoms with Gasteiger partial charge in [-0.15, -0.1) is 0 Å². The number of aromatic nitrogens is 2. The second-order valence-electron chi connectivity index (χ2n) is 8.49. The fourth-order valence-electron chi connectivity index (χ4n) is 3.82. The summed E-state index contributed by atoms with van der Waals surface area (Å²) in [6.07, 6.45) is 0.627. The minimum Gasteiger partial charge on any atom is -0.454 e. The lowest BCUT2D eigenvalue weighted by Gasteiger charge is -2.14. The summed E-state index contributed by atoms with van der Waals surface area (Å²) in [5.41, 5.74) is 4.28. The first-order valence-corrected chi connectivity index (χ1v) is 11.6. The van der Waals surface area contributed by atoms with E-state index in [1.54, 1.807) is 23.9 Å². The highest BCUT2D eigenvalue weighted by Crippen LogP contribution is 2.32. The van der Waals surface area contributed by atoms with E-state index in [-0.39, 0.29) is 18.9 Å². The van der Waals surface area contributed by atoms with Gasteiger partial charge in [0.2, 0.25) is 6.79 Å². The molecule has 1 unspecified atom stereocenters. The van der Waals surface area contributed by atoms with E-state index in [0.717, 1.165) is 22.4 Å². The molecule has 0 saturated heterocycles. The predicted octanol–water partition coefficient (Wildman–Crippen LogP) is 4.44. The van der Waals surface area contributed by atoms with Gasteiger partial charge in [0.1, 0.15) is 11.3 Å². The molecule has 1 aromatic heterocycles. The van der Waals surface area contributed by atoms with Crippen molar-refractivity contribution in [2.24, 2.45) is 0 Å². The van der Waals surface area contributed by atoms with Crippen molar-refractivity contribution in [3.63, 3.8) is 0 Å². The highest BCUT2D eigenvalue weighted by molar-refractivity contribution is 5.97. The molecule has 1 N–H and O–H groups in total. The standard InChI is InChI=1S/C28H25N3O5/c1-18-8-11-21(12-9-18)26-23(16-31(30-26)22-6-4-3-5-7-22)28(33)36-19(2)27(32)29-15-20-10-13-24-25(14-20)35-17-34-24/h3-14,16,19H,15,17H2,1-2H3,(H,29,32). The van der Waals surface area contributed by atoms with Crippen LogP contribution < -0.4 is 14.8 Å². The molecular weight excluding hydrogens is 458 g/mol. The number of aryl methyl sites for hydroxylation is 1. The van der Waals surface area contributed by atoms with E-state index in [1.807, 2.05) is 73.7 Å². The zero-order valence-corrected chi connectivity index (χ0v) is 19.9. The van der Waals surface area contributed by atoms with Crippen molar-refractivity contribution >= 4 is 11.9 Å². The van der Waals surface area contributed by atoms with Crippen molar-refractivity contribution in [1.29, 1.82) is 0 Å². The van der Waals surface area contributed by atoms with Crippen LogP contribution in [0.4, 0.5) is 0 Å². The summed E-state index contributed by atoms with van der Waals surface area (Å²) >= 11 is 0. The van der Waals surface area contributed by atoms with Gasteiger partial charge in [0, 0.05) is 18.3 Å². The molecule has 0 aliphatic carbocycles. The molecule has 8 heteroatoms. The molecule has 8 nitrogen and oxygen atoms in total. The summed E-state index contributed by atoms with van der Waals surface area (Å²) in [6, 6.07) is 22.7. The van der Waals surface area contributed by atoms with Crippen LogP contribution in [0.3, 0.4) is 0 Å². The van der Waals surface area contributed by atoms with Crippen LogP contribution in [0.25, 0.3) is 16.9 Å². The van der Waals surface area contributed by atoms with E-state index < -0.39 is 18.0 Å². The monoisotopic (exact) mass is 483 g/mol. The van der Waals surface area contributed by atoms with Gasteiger partial charge >= 0.3 is 5.97 Å². The number of rotatable bonds is 7. The number of nitrogens with zero attached hydrogens (tertiary/aromatic N) is 2. The average molecular weight is 484 g/mol. The highest BCUT2D eigenvalue weighted by Gasteiger charge is 2.24. The number of amides is 1. The predicted molar refractivity (Wildman–Crippen MR) is 133 cm³/mol. The molecular formula is C28H25N3O5. The lowest BCUT2D eigenvalue weighted by Crippen LogP contribution is -2.35. The minimum atomic E-state index is -1.00. The third kappa shape index (κ3) is 4.93. The SMILES string of the molecule is Cc1ccc(-c2nn(-c3ccccc3)cc2C(=O)OC(C)C(=O)NCc2ccc3c(c2)OCO3)cc1. The molecule has 0 radical (unpaired) electrons. The fraction of sp³-hybridized carbons (Fsp3) is 0.179. The summed E-state index contributed by atoms with van der Waals surface area (Å²) in [5.74, 6) is 0.278. The molecule has 1 amide bonds. The average Bonchev–Trinajstić information content (AvgIpc) is 3.55. The smallest absolute Gasteiger partial charge is 0.342 e. The van der Waals surface area contributed by atoms with Gasteiger partial charge in [-0.2, -0.15) is 5.10 Å². The van der Waals surface area contributed by atoms with Gasteiger partial charge in [-0.05, 0) is 43.7 Å². The third-order valence-electron chi connectivity index (χ3n) is 5.84. The molecule has 1 aliphatic heterocycles. The number of fused-ring (bicyclic) bond motifs is 1. The van der Waals surface area contributed by atoms with Gasteiger partial charge < -0.3 is 19.5 Å². The number of carbonyl (C=O) groups is 2. The van der Waals surface area contributed by atoms with Gasteiger partial charge in [0.25, 0.3) is 5.91 Å². The molecule has 182 valence electrons. The van der Waals surface area contributed by atoms with Crippen molar-refractivity contribution in [1.82, 2.24) is 15.1 Å². The van der Waals surface area contributed by atoms with Crippen LogP contribution in [-0.2, 0) is 16.1 Å². The Bertz CT molecular complexity index is 1400. The molecule has 0 fully saturated rings. The Labute approximate surface area is 208 Å². The molecule has 36 heavy (non-hydrogen) atoms. The summed E-state index contributed by atoms with van der Waals surface area (Å²) in [4.78, 5) is 25.9. The Balaban J connectivity index is 1.31. The largest absolute Gasteiger partial charge is 0.454 e. The molecule has 2 heterocycles. The summed E-state index contributed by atoms with van der Waals surface area (Å²) in [5, 5.41) is 7.45. The molecule has 0 spiro atoms. The molecule has 1 atom stereocenters. The number of carbonyl (C=O) groups excluding carboxylic acids is 2. The first kappa shape index (κ1) is 23.2. The van der Waals surface area contributed by atoms with Gasteiger partial charge in [0.15, 0.2) is 17.6 Å². The molecule has 0 bridgehead atoms. The van der Waals surface area contributed by atoms with Crippen LogP contribution in [-0.4, -0.2) is 34.6 Å². The topological polar surface area (TPSA) is 91.7 Å². The van der Waals surface area contributed by atoms with Crippen LogP contribution in [0.15, 0.2) is 79.0 Å².